The number of imidazole rings is 1. The Morgan fingerprint density at radius 2 is 1.96 bits per heavy atom. The third-order valence-corrected chi connectivity index (χ3v) is 4.14. The molecule has 0 unspecified atom stereocenters. The second kappa shape index (κ2) is 7.58. The Kier molecular flexibility index (Phi) is 5.25. The number of aldehydes is 1. The van der Waals surface area contributed by atoms with Crippen molar-refractivity contribution in [3.8, 4) is 6.01 Å². The lowest BCUT2D eigenvalue weighted by molar-refractivity contribution is 0.112. The lowest BCUT2D eigenvalue weighted by Crippen LogP contribution is -2.09. The quantitative estimate of drug-likeness (QED) is 0.364. The molecule has 25 heavy (non-hydrogen) atoms. The third kappa shape index (κ3) is 3.77. The number of fused-ring (bicyclic) bond motifs is 1. The maximum absolute atomic E-state index is 10.8. The summed E-state index contributed by atoms with van der Waals surface area (Å²) in [6, 6.07) is 7.45. The summed E-state index contributed by atoms with van der Waals surface area (Å²) < 4.78 is 12.8. The highest BCUT2D eigenvalue weighted by atomic mass is 79.9. The van der Waals surface area contributed by atoms with Crippen molar-refractivity contribution >= 4 is 39.2 Å². The van der Waals surface area contributed by atoms with Gasteiger partial charge in [-0.2, -0.15) is 9.97 Å². The van der Waals surface area contributed by atoms with Crippen LogP contribution in [-0.2, 0) is 11.3 Å². The zero-order valence-corrected chi connectivity index (χ0v) is 15.1. The van der Waals surface area contributed by atoms with Crippen LogP contribution < -0.4 is 10.5 Å². The van der Waals surface area contributed by atoms with Crippen LogP contribution in [0.2, 0.25) is 0 Å². The first-order valence-electron chi connectivity index (χ1n) is 7.47. The fourth-order valence-corrected chi connectivity index (χ4v) is 2.75. The van der Waals surface area contributed by atoms with E-state index in [1.54, 1.807) is 19.2 Å². The molecule has 0 aliphatic rings. The van der Waals surface area contributed by atoms with Gasteiger partial charge in [0.25, 0.3) is 0 Å². The van der Waals surface area contributed by atoms with E-state index >= 15 is 0 Å². The van der Waals surface area contributed by atoms with Crippen molar-refractivity contribution in [3.63, 3.8) is 0 Å². The minimum absolute atomic E-state index is 0.173. The normalized spacial score (nSPS) is 11.0. The Bertz CT molecular complexity index is 895. The van der Waals surface area contributed by atoms with E-state index in [1.165, 1.54) is 0 Å². The molecule has 0 saturated heterocycles. The molecule has 1 aromatic carbocycles. The highest BCUT2D eigenvalue weighted by Gasteiger charge is 2.16. The average molecular weight is 406 g/mol. The Morgan fingerprint density at radius 3 is 2.64 bits per heavy atom. The van der Waals surface area contributed by atoms with Crippen molar-refractivity contribution in [1.82, 2.24) is 19.5 Å². The van der Waals surface area contributed by atoms with Gasteiger partial charge in [-0.15, -0.1) is 0 Å². The van der Waals surface area contributed by atoms with Crippen molar-refractivity contribution < 1.29 is 14.3 Å². The van der Waals surface area contributed by atoms with Gasteiger partial charge in [-0.1, -0.05) is 24.3 Å². The number of nitrogen functional groups attached to an aromatic ring is 1. The zero-order valence-electron chi connectivity index (χ0n) is 13.5. The molecule has 0 atom stereocenters. The van der Waals surface area contributed by atoms with Crippen LogP contribution in [0.25, 0.3) is 11.2 Å². The van der Waals surface area contributed by atoms with E-state index < -0.39 is 0 Å². The van der Waals surface area contributed by atoms with Crippen LogP contribution in [0, 0.1) is 0 Å². The molecule has 2 N–H and O–H groups in total. The summed E-state index contributed by atoms with van der Waals surface area (Å²) in [5.74, 6) is 0.244. The number of rotatable bonds is 7. The van der Waals surface area contributed by atoms with E-state index in [-0.39, 0.29) is 11.8 Å². The van der Waals surface area contributed by atoms with Gasteiger partial charge >= 0.3 is 6.01 Å². The molecule has 0 fully saturated rings. The standard InChI is InChI=1S/C16H16BrN5O3/c1-24-6-7-25-16-20-13(18)12-14(21-16)22(15(17)19-12)8-10-2-4-11(9-23)5-3-10/h2-5,9H,6-8H2,1H3,(H2,18,20,21). The topological polar surface area (TPSA) is 105 Å². The van der Waals surface area contributed by atoms with Crippen molar-refractivity contribution in [1.29, 1.82) is 0 Å². The van der Waals surface area contributed by atoms with E-state index in [9.17, 15) is 4.79 Å². The van der Waals surface area contributed by atoms with Gasteiger partial charge in [0.1, 0.15) is 12.9 Å². The average Bonchev–Trinajstić information content (AvgIpc) is 2.93. The zero-order chi connectivity index (χ0) is 17.8. The Morgan fingerprint density at radius 1 is 1.20 bits per heavy atom. The maximum atomic E-state index is 10.8. The molecule has 0 amide bonds. The first-order valence-corrected chi connectivity index (χ1v) is 8.26. The van der Waals surface area contributed by atoms with E-state index in [0.717, 1.165) is 11.8 Å². The molecule has 9 heteroatoms. The predicted molar refractivity (Wildman–Crippen MR) is 95.7 cm³/mol. The molecule has 0 spiro atoms. The highest BCUT2D eigenvalue weighted by molar-refractivity contribution is 9.10. The lowest BCUT2D eigenvalue weighted by atomic mass is 10.1. The van der Waals surface area contributed by atoms with Crippen molar-refractivity contribution in [2.45, 2.75) is 6.54 Å². The largest absolute Gasteiger partial charge is 0.461 e. The van der Waals surface area contributed by atoms with E-state index in [4.69, 9.17) is 15.2 Å². The molecule has 2 aromatic heterocycles. The minimum atomic E-state index is 0.173. The van der Waals surface area contributed by atoms with Gasteiger partial charge in [0.2, 0.25) is 0 Å². The number of ether oxygens (including phenoxy) is 2. The number of carbonyl (C=O) groups excluding carboxylic acids is 1. The second-order valence-corrected chi connectivity index (χ2v) is 5.94. The number of nitrogens with zero attached hydrogens (tertiary/aromatic N) is 4. The fraction of sp³-hybridized carbons (Fsp3) is 0.250. The summed E-state index contributed by atoms with van der Waals surface area (Å²) in [5, 5.41) is 0. The Hall–Kier alpha value is -2.52. The number of halogens is 1. The lowest BCUT2D eigenvalue weighted by Gasteiger charge is -2.08. The first kappa shape index (κ1) is 17.3. The molecule has 130 valence electrons. The summed E-state index contributed by atoms with van der Waals surface area (Å²) in [6.45, 7) is 1.25. The number of aromatic nitrogens is 4. The van der Waals surface area contributed by atoms with Gasteiger partial charge in [-0.25, -0.2) is 4.98 Å². The van der Waals surface area contributed by atoms with E-state index in [0.29, 0.717) is 41.2 Å². The van der Waals surface area contributed by atoms with Gasteiger partial charge in [0.05, 0.1) is 13.2 Å². The third-order valence-electron chi connectivity index (χ3n) is 3.53. The van der Waals surface area contributed by atoms with E-state index in [2.05, 4.69) is 30.9 Å². The molecular formula is C16H16BrN5O3. The van der Waals surface area contributed by atoms with Crippen LogP contribution in [0.4, 0.5) is 5.82 Å². The molecule has 0 aliphatic heterocycles. The predicted octanol–water partition coefficient (Wildman–Crippen LogP) is 2.06. The minimum Gasteiger partial charge on any atom is -0.461 e. The summed E-state index contributed by atoms with van der Waals surface area (Å²) in [6.07, 6.45) is 0.809. The van der Waals surface area contributed by atoms with Gasteiger partial charge in [-0.3, -0.25) is 9.36 Å². The van der Waals surface area contributed by atoms with Gasteiger partial charge in [-0.05, 0) is 21.5 Å². The van der Waals surface area contributed by atoms with Crippen LogP contribution in [0.5, 0.6) is 6.01 Å². The molecular weight excluding hydrogens is 390 g/mol. The van der Waals surface area contributed by atoms with Crippen LogP contribution >= 0.6 is 15.9 Å². The number of methoxy groups -OCH3 is 1. The second-order valence-electron chi connectivity index (χ2n) is 5.23. The fourth-order valence-electron chi connectivity index (χ4n) is 2.28. The van der Waals surface area contributed by atoms with Crippen LogP contribution in [0.3, 0.4) is 0 Å². The summed E-state index contributed by atoms with van der Waals surface area (Å²) in [5.41, 5.74) is 8.65. The van der Waals surface area contributed by atoms with E-state index in [1.807, 2.05) is 16.7 Å². The number of carbonyl (C=O) groups is 1. The number of hydrogen-bond acceptors (Lipinski definition) is 7. The van der Waals surface area contributed by atoms with Crippen molar-refractivity contribution in [2.75, 3.05) is 26.1 Å². The monoisotopic (exact) mass is 405 g/mol. The maximum Gasteiger partial charge on any atom is 0.320 e. The number of hydrogen-bond donors (Lipinski definition) is 1. The Balaban J connectivity index is 1.95. The molecule has 3 aromatic rings. The van der Waals surface area contributed by atoms with Crippen LogP contribution in [0.1, 0.15) is 15.9 Å². The number of anilines is 1. The molecule has 2 heterocycles. The molecule has 3 rings (SSSR count). The smallest absolute Gasteiger partial charge is 0.320 e. The molecule has 0 saturated carbocycles. The number of benzene rings is 1. The number of nitrogens with two attached hydrogens (primary N) is 1. The summed E-state index contributed by atoms with van der Waals surface area (Å²) >= 11 is 3.43. The SMILES string of the molecule is COCCOc1nc(N)c2nc(Br)n(Cc3ccc(C=O)cc3)c2n1. The molecule has 0 radical (unpaired) electrons. The first-order chi connectivity index (χ1) is 12.1. The van der Waals surface area contributed by atoms with Crippen LogP contribution in [0.15, 0.2) is 29.0 Å². The molecule has 0 bridgehead atoms. The summed E-state index contributed by atoms with van der Waals surface area (Å²) in [4.78, 5) is 23.7. The van der Waals surface area contributed by atoms with Crippen molar-refractivity contribution in [3.05, 3.63) is 40.1 Å². The highest BCUT2D eigenvalue weighted by Crippen LogP contribution is 2.25. The van der Waals surface area contributed by atoms with Gasteiger partial charge in [0, 0.05) is 12.7 Å². The molecule has 8 nitrogen and oxygen atoms in total. The van der Waals surface area contributed by atoms with Crippen LogP contribution in [-0.4, -0.2) is 46.1 Å². The Labute approximate surface area is 152 Å². The molecule has 0 aliphatic carbocycles. The van der Waals surface area contributed by atoms with Gasteiger partial charge in [0.15, 0.2) is 21.7 Å². The van der Waals surface area contributed by atoms with Crippen molar-refractivity contribution in [2.24, 2.45) is 0 Å². The van der Waals surface area contributed by atoms with Gasteiger partial charge < -0.3 is 15.2 Å². The summed E-state index contributed by atoms with van der Waals surface area (Å²) in [7, 11) is 1.59.